The Morgan fingerprint density at radius 1 is 1.00 bits per heavy atom. The van der Waals surface area contributed by atoms with Gasteiger partial charge in [-0.1, -0.05) is 48.5 Å². The van der Waals surface area contributed by atoms with E-state index in [9.17, 15) is 13.2 Å². The van der Waals surface area contributed by atoms with Crippen LogP contribution < -0.4 is 9.64 Å². The van der Waals surface area contributed by atoms with E-state index in [1.165, 1.54) is 16.4 Å². The van der Waals surface area contributed by atoms with Crippen LogP contribution in [-0.2, 0) is 27.8 Å². The van der Waals surface area contributed by atoms with E-state index < -0.39 is 10.0 Å². The molecule has 0 radical (unpaired) electrons. The van der Waals surface area contributed by atoms with Gasteiger partial charge in [-0.15, -0.1) is 0 Å². The van der Waals surface area contributed by atoms with Crippen molar-refractivity contribution in [2.75, 3.05) is 18.1 Å². The number of anilines is 1. The first-order chi connectivity index (χ1) is 15.9. The third-order valence-electron chi connectivity index (χ3n) is 5.76. The normalized spacial score (nSPS) is 15.5. The van der Waals surface area contributed by atoms with Crippen molar-refractivity contribution in [3.8, 4) is 5.75 Å². The van der Waals surface area contributed by atoms with Crippen molar-refractivity contribution in [3.05, 3.63) is 90.0 Å². The van der Waals surface area contributed by atoms with Gasteiger partial charge in [-0.25, -0.2) is 8.42 Å². The van der Waals surface area contributed by atoms with E-state index in [4.69, 9.17) is 4.74 Å². The van der Waals surface area contributed by atoms with Gasteiger partial charge in [-0.3, -0.25) is 4.79 Å². The Bertz CT molecular complexity index is 1210. The van der Waals surface area contributed by atoms with Crippen molar-refractivity contribution in [1.82, 2.24) is 4.31 Å². The average molecular weight is 465 g/mol. The SMILES string of the molecule is CCOc1ccc(S(=O)(=O)N(CC(=O)N2c3ccccc3C[C@H]2C)Cc2ccccc2)cc1. The molecule has 0 bridgehead atoms. The highest BCUT2D eigenvalue weighted by Crippen LogP contribution is 2.32. The number of ether oxygens (including phenoxy) is 1. The number of hydrogen-bond donors (Lipinski definition) is 0. The summed E-state index contributed by atoms with van der Waals surface area (Å²) in [5.74, 6) is 0.363. The van der Waals surface area contributed by atoms with Crippen molar-refractivity contribution >= 4 is 21.6 Å². The van der Waals surface area contributed by atoms with E-state index in [2.05, 4.69) is 0 Å². The van der Waals surface area contributed by atoms with Crippen LogP contribution in [0.4, 0.5) is 5.69 Å². The van der Waals surface area contributed by atoms with Crippen LogP contribution in [0.1, 0.15) is 25.0 Å². The minimum absolute atomic E-state index is 0.0262. The smallest absolute Gasteiger partial charge is 0.243 e. The average Bonchev–Trinajstić information content (AvgIpc) is 3.15. The molecular formula is C26H28N2O4S. The number of carbonyl (C=O) groups is 1. The Morgan fingerprint density at radius 3 is 2.36 bits per heavy atom. The first-order valence-electron chi connectivity index (χ1n) is 11.1. The molecule has 0 fully saturated rings. The molecule has 0 saturated heterocycles. The molecular weight excluding hydrogens is 436 g/mol. The lowest BCUT2D eigenvalue weighted by Crippen LogP contribution is -2.44. The second-order valence-corrected chi connectivity index (χ2v) is 10.0. The van der Waals surface area contributed by atoms with E-state index in [-0.39, 0.29) is 29.9 Å². The minimum atomic E-state index is -3.92. The van der Waals surface area contributed by atoms with Gasteiger partial charge in [0.1, 0.15) is 5.75 Å². The maximum Gasteiger partial charge on any atom is 0.243 e. The van der Waals surface area contributed by atoms with Crippen LogP contribution in [0.25, 0.3) is 0 Å². The Kier molecular flexibility index (Phi) is 6.81. The second kappa shape index (κ2) is 9.77. The maximum absolute atomic E-state index is 13.6. The lowest BCUT2D eigenvalue weighted by Gasteiger charge is -2.27. The summed E-state index contributed by atoms with van der Waals surface area (Å²) < 4.78 is 33.9. The minimum Gasteiger partial charge on any atom is -0.494 e. The van der Waals surface area contributed by atoms with E-state index in [1.807, 2.05) is 68.4 Å². The van der Waals surface area contributed by atoms with Crippen molar-refractivity contribution in [1.29, 1.82) is 0 Å². The molecule has 0 spiro atoms. The van der Waals surface area contributed by atoms with Crippen LogP contribution >= 0.6 is 0 Å². The molecule has 172 valence electrons. The highest BCUT2D eigenvalue weighted by molar-refractivity contribution is 7.89. The molecule has 6 nitrogen and oxygen atoms in total. The molecule has 0 N–H and O–H groups in total. The largest absolute Gasteiger partial charge is 0.494 e. The van der Waals surface area contributed by atoms with Crippen LogP contribution in [0.3, 0.4) is 0 Å². The standard InChI is InChI=1S/C26H28N2O4S/c1-3-32-23-13-15-24(16-14-23)33(30,31)27(18-21-9-5-4-6-10-21)19-26(29)28-20(2)17-22-11-7-8-12-25(22)28/h4-16,20H,3,17-19H2,1-2H3/t20-/m1/s1. The molecule has 0 aromatic heterocycles. The molecule has 1 atom stereocenters. The number of amides is 1. The Labute approximate surface area is 195 Å². The van der Waals surface area contributed by atoms with Crippen LogP contribution in [0.15, 0.2) is 83.8 Å². The lowest BCUT2D eigenvalue weighted by molar-refractivity contribution is -0.119. The number of para-hydroxylation sites is 1. The predicted molar refractivity (Wildman–Crippen MR) is 129 cm³/mol. The monoisotopic (exact) mass is 464 g/mol. The summed E-state index contributed by atoms with van der Waals surface area (Å²) in [6, 6.07) is 23.4. The molecule has 0 saturated carbocycles. The first-order valence-corrected chi connectivity index (χ1v) is 12.5. The van der Waals surface area contributed by atoms with Gasteiger partial charge in [0.2, 0.25) is 15.9 Å². The summed E-state index contributed by atoms with van der Waals surface area (Å²) in [6.45, 7) is 4.21. The third kappa shape index (κ3) is 4.94. The number of rotatable bonds is 8. The number of benzene rings is 3. The van der Waals surface area contributed by atoms with E-state index in [0.29, 0.717) is 12.4 Å². The zero-order valence-corrected chi connectivity index (χ0v) is 19.7. The molecule has 3 aromatic rings. The van der Waals surface area contributed by atoms with Gasteiger partial charge in [-0.05, 0) is 61.7 Å². The fourth-order valence-corrected chi connectivity index (χ4v) is 5.59. The van der Waals surface area contributed by atoms with Gasteiger partial charge in [-0.2, -0.15) is 4.31 Å². The zero-order chi connectivity index (χ0) is 23.4. The van der Waals surface area contributed by atoms with Gasteiger partial charge < -0.3 is 9.64 Å². The summed E-state index contributed by atoms with van der Waals surface area (Å²) in [5, 5.41) is 0. The van der Waals surface area contributed by atoms with Crippen LogP contribution in [-0.4, -0.2) is 37.8 Å². The molecule has 4 rings (SSSR count). The molecule has 7 heteroatoms. The first kappa shape index (κ1) is 23.0. The molecule has 1 aliphatic heterocycles. The highest BCUT2D eigenvalue weighted by atomic mass is 32.2. The summed E-state index contributed by atoms with van der Waals surface area (Å²) in [5.41, 5.74) is 2.77. The summed E-state index contributed by atoms with van der Waals surface area (Å²) in [6.07, 6.45) is 0.756. The quantitative estimate of drug-likeness (QED) is 0.500. The predicted octanol–water partition coefficient (Wildman–Crippen LogP) is 4.25. The Morgan fingerprint density at radius 2 is 1.67 bits per heavy atom. The lowest BCUT2D eigenvalue weighted by atomic mass is 10.1. The van der Waals surface area contributed by atoms with Gasteiger partial charge in [0.05, 0.1) is 18.0 Å². The zero-order valence-electron chi connectivity index (χ0n) is 18.8. The molecule has 33 heavy (non-hydrogen) atoms. The molecule has 0 unspecified atom stereocenters. The van der Waals surface area contributed by atoms with Crippen molar-refractivity contribution in [2.45, 2.75) is 37.8 Å². The molecule has 1 aliphatic rings. The van der Waals surface area contributed by atoms with E-state index in [0.717, 1.165) is 23.2 Å². The third-order valence-corrected chi connectivity index (χ3v) is 7.57. The fraction of sp³-hybridized carbons (Fsp3) is 0.269. The Balaban J connectivity index is 1.64. The van der Waals surface area contributed by atoms with Crippen LogP contribution in [0.2, 0.25) is 0 Å². The number of hydrogen-bond acceptors (Lipinski definition) is 4. The van der Waals surface area contributed by atoms with Gasteiger partial charge in [0, 0.05) is 18.3 Å². The summed E-state index contributed by atoms with van der Waals surface area (Å²) in [4.78, 5) is 15.3. The van der Waals surface area contributed by atoms with Crippen LogP contribution in [0.5, 0.6) is 5.75 Å². The topological polar surface area (TPSA) is 66.9 Å². The number of fused-ring (bicyclic) bond motifs is 1. The number of carbonyl (C=O) groups excluding carboxylic acids is 1. The summed E-state index contributed by atoms with van der Waals surface area (Å²) >= 11 is 0. The number of nitrogens with zero attached hydrogens (tertiary/aromatic N) is 2. The van der Waals surface area contributed by atoms with Crippen LogP contribution in [0, 0.1) is 0 Å². The molecule has 1 amide bonds. The van der Waals surface area contributed by atoms with E-state index in [1.54, 1.807) is 17.0 Å². The summed E-state index contributed by atoms with van der Waals surface area (Å²) in [7, 11) is -3.92. The van der Waals surface area contributed by atoms with Gasteiger partial charge >= 0.3 is 0 Å². The molecule has 1 heterocycles. The van der Waals surface area contributed by atoms with Gasteiger partial charge in [0.15, 0.2) is 0 Å². The Hall–Kier alpha value is -3.16. The molecule has 3 aromatic carbocycles. The second-order valence-electron chi connectivity index (χ2n) is 8.11. The number of sulfonamides is 1. The van der Waals surface area contributed by atoms with E-state index >= 15 is 0 Å². The highest BCUT2D eigenvalue weighted by Gasteiger charge is 2.34. The fourth-order valence-electron chi connectivity index (χ4n) is 4.21. The van der Waals surface area contributed by atoms with Gasteiger partial charge in [0.25, 0.3) is 0 Å². The maximum atomic E-state index is 13.6. The van der Waals surface area contributed by atoms with Crippen molar-refractivity contribution < 1.29 is 17.9 Å². The molecule has 0 aliphatic carbocycles. The van der Waals surface area contributed by atoms with Crippen molar-refractivity contribution in [2.24, 2.45) is 0 Å². The van der Waals surface area contributed by atoms with Crippen molar-refractivity contribution in [3.63, 3.8) is 0 Å².